The number of nitrogens with two attached hydrogens (primary N) is 1. The molecule has 0 fully saturated rings. The van der Waals surface area contributed by atoms with E-state index in [2.05, 4.69) is 16.8 Å². The standard InChI is InChI=1S/C8H11N3/c1-3-8-7(4-6(2)9)5-10-11-8/h3-5H,1,9H2,2H3,(H,10,11)/b6-4+. The maximum absolute atomic E-state index is 5.49. The van der Waals surface area contributed by atoms with Crippen LogP contribution >= 0.6 is 0 Å². The van der Waals surface area contributed by atoms with Crippen molar-refractivity contribution in [2.45, 2.75) is 6.92 Å². The van der Waals surface area contributed by atoms with Gasteiger partial charge in [-0.1, -0.05) is 6.58 Å². The van der Waals surface area contributed by atoms with E-state index in [9.17, 15) is 0 Å². The van der Waals surface area contributed by atoms with Gasteiger partial charge in [0, 0.05) is 11.3 Å². The van der Waals surface area contributed by atoms with Gasteiger partial charge in [-0.15, -0.1) is 0 Å². The van der Waals surface area contributed by atoms with Crippen molar-refractivity contribution in [2.75, 3.05) is 0 Å². The molecule has 0 aliphatic rings. The minimum absolute atomic E-state index is 0.759. The summed E-state index contributed by atoms with van der Waals surface area (Å²) >= 11 is 0. The molecule has 0 bridgehead atoms. The lowest BCUT2D eigenvalue weighted by Crippen LogP contribution is -1.89. The van der Waals surface area contributed by atoms with Gasteiger partial charge in [-0.3, -0.25) is 5.10 Å². The summed E-state index contributed by atoms with van der Waals surface area (Å²) in [6.45, 7) is 5.46. The normalized spacial score (nSPS) is 11.5. The van der Waals surface area contributed by atoms with Crippen LogP contribution < -0.4 is 5.73 Å². The van der Waals surface area contributed by atoms with E-state index in [4.69, 9.17) is 5.73 Å². The molecule has 58 valence electrons. The minimum Gasteiger partial charge on any atom is -0.402 e. The molecule has 1 aromatic heterocycles. The molecule has 0 spiro atoms. The van der Waals surface area contributed by atoms with Gasteiger partial charge in [-0.05, 0) is 19.1 Å². The Hall–Kier alpha value is -1.51. The molecule has 0 atom stereocenters. The number of H-pyrrole nitrogens is 1. The Labute approximate surface area is 65.6 Å². The molecular weight excluding hydrogens is 138 g/mol. The summed E-state index contributed by atoms with van der Waals surface area (Å²) in [6.07, 6.45) is 5.27. The summed E-state index contributed by atoms with van der Waals surface area (Å²) in [5.74, 6) is 0. The highest BCUT2D eigenvalue weighted by Gasteiger charge is 1.96. The molecular formula is C8H11N3. The molecule has 11 heavy (non-hydrogen) atoms. The van der Waals surface area contributed by atoms with Gasteiger partial charge in [-0.2, -0.15) is 5.10 Å². The lowest BCUT2D eigenvalue weighted by Gasteiger charge is -1.90. The van der Waals surface area contributed by atoms with Gasteiger partial charge in [-0.25, -0.2) is 0 Å². The van der Waals surface area contributed by atoms with E-state index >= 15 is 0 Å². The first-order chi connectivity index (χ1) is 5.24. The molecule has 1 rings (SSSR count). The van der Waals surface area contributed by atoms with Crippen LogP contribution in [0.4, 0.5) is 0 Å². The zero-order chi connectivity index (χ0) is 8.27. The summed E-state index contributed by atoms with van der Waals surface area (Å²) in [7, 11) is 0. The first kappa shape index (κ1) is 7.60. The lowest BCUT2D eigenvalue weighted by molar-refractivity contribution is 1.08. The molecule has 3 nitrogen and oxygen atoms in total. The van der Waals surface area contributed by atoms with Crippen LogP contribution in [0.3, 0.4) is 0 Å². The average molecular weight is 149 g/mol. The van der Waals surface area contributed by atoms with Gasteiger partial charge in [0.2, 0.25) is 0 Å². The summed E-state index contributed by atoms with van der Waals surface area (Å²) in [5.41, 5.74) is 8.12. The molecule has 0 saturated heterocycles. The number of nitrogens with zero attached hydrogens (tertiary/aromatic N) is 1. The van der Waals surface area contributed by atoms with Gasteiger partial charge in [0.15, 0.2) is 0 Å². The molecule has 0 unspecified atom stereocenters. The van der Waals surface area contributed by atoms with Crippen LogP contribution in [0, 0.1) is 0 Å². The first-order valence-corrected chi connectivity index (χ1v) is 3.33. The molecule has 0 aliphatic heterocycles. The van der Waals surface area contributed by atoms with E-state index in [0.29, 0.717) is 0 Å². The molecule has 0 aromatic carbocycles. The highest BCUT2D eigenvalue weighted by atomic mass is 15.1. The van der Waals surface area contributed by atoms with Crippen LogP contribution in [0.25, 0.3) is 12.2 Å². The number of nitrogens with one attached hydrogen (secondary N) is 1. The van der Waals surface area contributed by atoms with Crippen LogP contribution in [-0.2, 0) is 0 Å². The monoisotopic (exact) mass is 149 g/mol. The third-order valence-electron chi connectivity index (χ3n) is 1.29. The molecule has 0 saturated carbocycles. The van der Waals surface area contributed by atoms with Crippen LogP contribution in [0.15, 0.2) is 18.5 Å². The smallest absolute Gasteiger partial charge is 0.0645 e. The topological polar surface area (TPSA) is 54.7 Å². The van der Waals surface area contributed by atoms with Crippen LogP contribution in [-0.4, -0.2) is 10.2 Å². The van der Waals surface area contributed by atoms with Crippen molar-refractivity contribution in [1.82, 2.24) is 10.2 Å². The fourth-order valence-corrected chi connectivity index (χ4v) is 0.829. The number of rotatable bonds is 2. The van der Waals surface area contributed by atoms with Crippen LogP contribution in [0.1, 0.15) is 18.2 Å². The fraction of sp³-hybridized carbons (Fsp3) is 0.125. The van der Waals surface area contributed by atoms with Crippen molar-refractivity contribution in [3.05, 3.63) is 29.7 Å². The fourth-order valence-electron chi connectivity index (χ4n) is 0.829. The van der Waals surface area contributed by atoms with Crippen molar-refractivity contribution in [3.63, 3.8) is 0 Å². The minimum atomic E-state index is 0.759. The van der Waals surface area contributed by atoms with E-state index in [1.807, 2.05) is 13.0 Å². The van der Waals surface area contributed by atoms with Crippen molar-refractivity contribution in [3.8, 4) is 0 Å². The largest absolute Gasteiger partial charge is 0.402 e. The Bertz CT molecular complexity index is 279. The van der Waals surface area contributed by atoms with Crippen LogP contribution in [0.2, 0.25) is 0 Å². The summed E-state index contributed by atoms with van der Waals surface area (Å²) in [5, 5.41) is 6.64. The van der Waals surface area contributed by atoms with E-state index in [1.165, 1.54) is 0 Å². The second kappa shape index (κ2) is 3.05. The van der Waals surface area contributed by atoms with Gasteiger partial charge >= 0.3 is 0 Å². The predicted molar refractivity (Wildman–Crippen MR) is 46.5 cm³/mol. The Morgan fingerprint density at radius 2 is 2.55 bits per heavy atom. The van der Waals surface area contributed by atoms with Gasteiger partial charge in [0.25, 0.3) is 0 Å². The zero-order valence-corrected chi connectivity index (χ0v) is 6.46. The number of allylic oxidation sites excluding steroid dienone is 1. The van der Waals surface area contributed by atoms with E-state index in [1.54, 1.807) is 12.3 Å². The first-order valence-electron chi connectivity index (χ1n) is 3.33. The lowest BCUT2D eigenvalue weighted by atomic mass is 10.2. The van der Waals surface area contributed by atoms with E-state index < -0.39 is 0 Å². The Morgan fingerprint density at radius 1 is 1.82 bits per heavy atom. The Kier molecular flexibility index (Phi) is 2.11. The van der Waals surface area contributed by atoms with Gasteiger partial charge in [0.1, 0.15) is 0 Å². The number of aromatic amines is 1. The Balaban J connectivity index is 3.03. The van der Waals surface area contributed by atoms with Gasteiger partial charge < -0.3 is 5.73 Å². The van der Waals surface area contributed by atoms with Crippen LogP contribution in [0.5, 0.6) is 0 Å². The van der Waals surface area contributed by atoms with Crippen molar-refractivity contribution in [2.24, 2.45) is 5.73 Å². The Morgan fingerprint density at radius 3 is 3.09 bits per heavy atom. The maximum atomic E-state index is 5.49. The molecule has 0 amide bonds. The second-order valence-corrected chi connectivity index (χ2v) is 2.33. The van der Waals surface area contributed by atoms with Gasteiger partial charge in [0.05, 0.1) is 11.9 Å². The number of aromatic nitrogens is 2. The van der Waals surface area contributed by atoms with E-state index in [0.717, 1.165) is 17.0 Å². The highest BCUT2D eigenvalue weighted by molar-refractivity contribution is 5.61. The van der Waals surface area contributed by atoms with Crippen molar-refractivity contribution < 1.29 is 0 Å². The third kappa shape index (κ3) is 1.70. The van der Waals surface area contributed by atoms with Crippen molar-refractivity contribution >= 4 is 12.2 Å². The van der Waals surface area contributed by atoms with E-state index in [-0.39, 0.29) is 0 Å². The SMILES string of the molecule is C=Cc1[nH]ncc1/C=C(\C)N. The molecule has 0 radical (unpaired) electrons. The molecule has 3 heteroatoms. The zero-order valence-electron chi connectivity index (χ0n) is 6.46. The quantitative estimate of drug-likeness (QED) is 0.667. The maximum Gasteiger partial charge on any atom is 0.0645 e. The molecule has 3 N–H and O–H groups in total. The molecule has 1 aromatic rings. The number of hydrogen-bond donors (Lipinski definition) is 2. The summed E-state index contributed by atoms with van der Waals surface area (Å²) < 4.78 is 0. The second-order valence-electron chi connectivity index (χ2n) is 2.33. The molecule has 0 aliphatic carbocycles. The number of hydrogen-bond acceptors (Lipinski definition) is 2. The molecule has 1 heterocycles. The summed E-state index contributed by atoms with van der Waals surface area (Å²) in [6, 6.07) is 0. The average Bonchev–Trinajstić information content (AvgIpc) is 2.34. The third-order valence-corrected chi connectivity index (χ3v) is 1.29. The highest BCUT2D eigenvalue weighted by Crippen LogP contribution is 2.08. The van der Waals surface area contributed by atoms with Crippen molar-refractivity contribution in [1.29, 1.82) is 0 Å². The summed E-state index contributed by atoms with van der Waals surface area (Å²) in [4.78, 5) is 0. The predicted octanol–water partition coefficient (Wildman–Crippen LogP) is 1.37.